The molecule has 0 nitrogen and oxygen atoms in total. The van der Waals surface area contributed by atoms with Gasteiger partial charge in [-0.2, -0.15) is 0 Å². The summed E-state index contributed by atoms with van der Waals surface area (Å²) in [6.45, 7) is 6.57. The van der Waals surface area contributed by atoms with Gasteiger partial charge in [-0.1, -0.05) is 56.4 Å². The highest BCUT2D eigenvalue weighted by Gasteiger charge is 2.08. The molecule has 1 unspecified atom stereocenters. The number of hydrogen-bond donors (Lipinski definition) is 0. The summed E-state index contributed by atoms with van der Waals surface area (Å²) >= 11 is 6.42. The van der Waals surface area contributed by atoms with Crippen molar-refractivity contribution >= 4 is 11.6 Å². The van der Waals surface area contributed by atoms with Gasteiger partial charge in [-0.3, -0.25) is 0 Å². The Morgan fingerprint density at radius 1 is 1.12 bits per heavy atom. The first-order valence-electron chi connectivity index (χ1n) is 6.83. The van der Waals surface area contributed by atoms with E-state index in [9.17, 15) is 0 Å². The summed E-state index contributed by atoms with van der Waals surface area (Å²) in [5, 5.41) is 0.298. The predicted octanol–water partition coefficient (Wildman–Crippen LogP) is 5.42. The molecular formula is C16H25Cl. The van der Waals surface area contributed by atoms with Crippen molar-refractivity contribution in [2.45, 2.75) is 64.7 Å². The average Bonchev–Trinajstić information content (AvgIpc) is 2.29. The van der Waals surface area contributed by atoms with Crippen molar-refractivity contribution in [1.29, 1.82) is 0 Å². The molecule has 0 N–H and O–H groups in total. The molecule has 96 valence electrons. The fourth-order valence-electron chi connectivity index (χ4n) is 2.15. The Hall–Kier alpha value is -0.490. The van der Waals surface area contributed by atoms with Gasteiger partial charge in [0.1, 0.15) is 0 Å². The molecule has 0 aliphatic heterocycles. The van der Waals surface area contributed by atoms with Crippen LogP contribution in [-0.2, 0) is 6.42 Å². The molecule has 1 heteroatoms. The summed E-state index contributed by atoms with van der Waals surface area (Å²) in [5.41, 5.74) is 4.12. The lowest BCUT2D eigenvalue weighted by Crippen LogP contribution is -2.05. The molecule has 0 saturated carbocycles. The zero-order valence-electron chi connectivity index (χ0n) is 11.4. The third-order valence-electron chi connectivity index (χ3n) is 3.32. The lowest BCUT2D eigenvalue weighted by atomic mass is 9.99. The maximum absolute atomic E-state index is 6.42. The minimum atomic E-state index is 0.298. The molecule has 1 aromatic carbocycles. The first-order valence-corrected chi connectivity index (χ1v) is 7.27. The second-order valence-corrected chi connectivity index (χ2v) is 5.70. The minimum Gasteiger partial charge on any atom is -0.123 e. The molecule has 0 fully saturated rings. The van der Waals surface area contributed by atoms with Crippen LogP contribution in [0.1, 0.15) is 55.7 Å². The van der Waals surface area contributed by atoms with E-state index in [4.69, 9.17) is 11.6 Å². The Balaban J connectivity index is 2.39. The second-order valence-electron chi connectivity index (χ2n) is 5.08. The zero-order valence-corrected chi connectivity index (χ0v) is 12.2. The molecular weight excluding hydrogens is 228 g/mol. The van der Waals surface area contributed by atoms with Gasteiger partial charge in [0.15, 0.2) is 0 Å². The molecule has 1 aromatic rings. The molecule has 1 rings (SSSR count). The first kappa shape index (κ1) is 14.6. The van der Waals surface area contributed by atoms with E-state index in [2.05, 4.69) is 39.0 Å². The van der Waals surface area contributed by atoms with Gasteiger partial charge < -0.3 is 0 Å². The van der Waals surface area contributed by atoms with Crippen LogP contribution in [-0.4, -0.2) is 5.38 Å². The third-order valence-corrected chi connectivity index (χ3v) is 3.69. The molecule has 0 aliphatic carbocycles. The topological polar surface area (TPSA) is 0 Å². The summed E-state index contributed by atoms with van der Waals surface area (Å²) in [6.07, 6.45) is 7.40. The van der Waals surface area contributed by atoms with E-state index in [1.54, 1.807) is 0 Å². The zero-order chi connectivity index (χ0) is 12.7. The number of rotatable bonds is 7. The highest BCUT2D eigenvalue weighted by atomic mass is 35.5. The number of aryl methyl sites for hydroxylation is 2. The average molecular weight is 253 g/mol. The van der Waals surface area contributed by atoms with Crippen molar-refractivity contribution < 1.29 is 0 Å². The van der Waals surface area contributed by atoms with E-state index in [1.165, 1.54) is 42.4 Å². The number of benzene rings is 1. The fourth-order valence-corrected chi connectivity index (χ4v) is 2.47. The first-order chi connectivity index (χ1) is 8.13. The standard InChI is InChI=1S/C16H25Cl/c1-4-5-6-7-8-16(17)12-15-11-13(2)9-10-14(15)3/h9-11,16H,4-8,12H2,1-3H3. The molecule has 0 bridgehead atoms. The SMILES string of the molecule is CCCCCCC(Cl)Cc1cc(C)ccc1C. The van der Waals surface area contributed by atoms with Crippen LogP contribution in [0.4, 0.5) is 0 Å². The molecule has 17 heavy (non-hydrogen) atoms. The van der Waals surface area contributed by atoms with Gasteiger partial charge in [0, 0.05) is 5.38 Å². The Labute approximate surface area is 111 Å². The highest BCUT2D eigenvalue weighted by Crippen LogP contribution is 2.19. The maximum Gasteiger partial charge on any atom is 0.0376 e. The van der Waals surface area contributed by atoms with E-state index >= 15 is 0 Å². The third kappa shape index (κ3) is 5.59. The minimum absolute atomic E-state index is 0.298. The van der Waals surface area contributed by atoms with Crippen molar-refractivity contribution in [1.82, 2.24) is 0 Å². The maximum atomic E-state index is 6.42. The summed E-state index contributed by atoms with van der Waals surface area (Å²) in [4.78, 5) is 0. The monoisotopic (exact) mass is 252 g/mol. The summed E-state index contributed by atoms with van der Waals surface area (Å²) in [5.74, 6) is 0. The van der Waals surface area contributed by atoms with Crippen molar-refractivity contribution in [3.8, 4) is 0 Å². The van der Waals surface area contributed by atoms with Gasteiger partial charge in [0.05, 0.1) is 0 Å². The van der Waals surface area contributed by atoms with Gasteiger partial charge in [0.2, 0.25) is 0 Å². The van der Waals surface area contributed by atoms with E-state index in [1.807, 2.05) is 0 Å². The molecule has 0 amide bonds. The Morgan fingerprint density at radius 3 is 2.59 bits per heavy atom. The largest absolute Gasteiger partial charge is 0.123 e. The van der Waals surface area contributed by atoms with Gasteiger partial charge in [-0.25, -0.2) is 0 Å². The Morgan fingerprint density at radius 2 is 1.88 bits per heavy atom. The molecule has 0 radical (unpaired) electrons. The van der Waals surface area contributed by atoms with Crippen molar-refractivity contribution in [2.75, 3.05) is 0 Å². The van der Waals surface area contributed by atoms with Gasteiger partial charge >= 0.3 is 0 Å². The van der Waals surface area contributed by atoms with Crippen LogP contribution >= 0.6 is 11.6 Å². The number of alkyl halides is 1. The van der Waals surface area contributed by atoms with E-state index in [0.717, 1.165) is 12.8 Å². The predicted molar refractivity (Wildman–Crippen MR) is 78.0 cm³/mol. The molecule has 0 aromatic heterocycles. The lowest BCUT2D eigenvalue weighted by Gasteiger charge is -2.12. The quantitative estimate of drug-likeness (QED) is 0.449. The van der Waals surface area contributed by atoms with Crippen LogP contribution in [0.15, 0.2) is 18.2 Å². The molecule has 0 saturated heterocycles. The van der Waals surface area contributed by atoms with Crippen molar-refractivity contribution in [2.24, 2.45) is 0 Å². The Bertz CT molecular complexity index is 330. The summed E-state index contributed by atoms with van der Waals surface area (Å²) in [6, 6.07) is 6.64. The van der Waals surface area contributed by atoms with Crippen LogP contribution in [0, 0.1) is 13.8 Å². The van der Waals surface area contributed by atoms with E-state index in [0.29, 0.717) is 5.38 Å². The van der Waals surface area contributed by atoms with Crippen LogP contribution in [0.3, 0.4) is 0 Å². The summed E-state index contributed by atoms with van der Waals surface area (Å²) < 4.78 is 0. The van der Waals surface area contributed by atoms with Gasteiger partial charge in [0.25, 0.3) is 0 Å². The lowest BCUT2D eigenvalue weighted by molar-refractivity contribution is 0.611. The van der Waals surface area contributed by atoms with Gasteiger partial charge in [-0.15, -0.1) is 11.6 Å². The van der Waals surface area contributed by atoms with E-state index in [-0.39, 0.29) is 0 Å². The van der Waals surface area contributed by atoms with Crippen molar-refractivity contribution in [3.63, 3.8) is 0 Å². The molecule has 0 spiro atoms. The van der Waals surface area contributed by atoms with E-state index < -0.39 is 0 Å². The Kier molecular flexibility index (Phi) is 6.65. The van der Waals surface area contributed by atoms with Crippen LogP contribution in [0.5, 0.6) is 0 Å². The molecule has 0 aliphatic rings. The smallest absolute Gasteiger partial charge is 0.0376 e. The van der Waals surface area contributed by atoms with Crippen molar-refractivity contribution in [3.05, 3.63) is 34.9 Å². The van der Waals surface area contributed by atoms with Gasteiger partial charge in [-0.05, 0) is 37.8 Å². The molecule has 1 atom stereocenters. The molecule has 0 heterocycles. The number of unbranched alkanes of at least 4 members (excludes halogenated alkanes) is 3. The van der Waals surface area contributed by atoms with Crippen LogP contribution in [0.25, 0.3) is 0 Å². The number of hydrogen-bond acceptors (Lipinski definition) is 0. The summed E-state index contributed by atoms with van der Waals surface area (Å²) in [7, 11) is 0. The van der Waals surface area contributed by atoms with Crippen LogP contribution in [0.2, 0.25) is 0 Å². The second kappa shape index (κ2) is 7.76. The number of halogens is 1. The highest BCUT2D eigenvalue weighted by molar-refractivity contribution is 6.20. The van der Waals surface area contributed by atoms with Crippen LogP contribution < -0.4 is 0 Å². The fraction of sp³-hybridized carbons (Fsp3) is 0.625. The normalized spacial score (nSPS) is 12.7.